The molecule has 1 aromatic carbocycles. The smallest absolute Gasteiger partial charge is 0.338 e. The van der Waals surface area contributed by atoms with Crippen molar-refractivity contribution in [1.29, 1.82) is 0 Å². The summed E-state index contributed by atoms with van der Waals surface area (Å²) in [7, 11) is -1.51. The van der Waals surface area contributed by atoms with Gasteiger partial charge in [-0.15, -0.1) is 0 Å². The minimum atomic E-state index is -3.07. The first-order chi connectivity index (χ1) is 15.3. The first-order valence-electron chi connectivity index (χ1n) is 10.8. The first kappa shape index (κ1) is 24.1. The number of rotatable bonds is 9. The molecule has 2 heterocycles. The standard InChI is InChI=1S/C22H31N3O6S/c1-4-11-25(16-10-12-32(28,29)14-16)13-18-19(21(26)31-5-2)20(24-22(27)23-18)15-6-8-17(30-3)9-7-15/h6-9,16,20H,4-5,10-14H2,1-3H3,(H2,23,24,27). The molecular formula is C22H31N3O6S. The topological polar surface area (TPSA) is 114 Å². The first-order valence-corrected chi connectivity index (χ1v) is 12.7. The van der Waals surface area contributed by atoms with Gasteiger partial charge in [-0.05, 0) is 44.0 Å². The van der Waals surface area contributed by atoms with Crippen LogP contribution in [0.2, 0.25) is 0 Å². The Morgan fingerprint density at radius 2 is 1.94 bits per heavy atom. The molecule has 0 radical (unpaired) electrons. The van der Waals surface area contributed by atoms with Gasteiger partial charge in [0.1, 0.15) is 5.75 Å². The number of nitrogens with zero attached hydrogens (tertiary/aromatic N) is 1. The van der Waals surface area contributed by atoms with Crippen LogP contribution < -0.4 is 15.4 Å². The number of hydrogen-bond acceptors (Lipinski definition) is 7. The quantitative estimate of drug-likeness (QED) is 0.534. The number of nitrogens with one attached hydrogen (secondary N) is 2. The van der Waals surface area contributed by atoms with E-state index in [1.165, 1.54) is 0 Å². The van der Waals surface area contributed by atoms with Crippen molar-refractivity contribution in [2.24, 2.45) is 0 Å². The van der Waals surface area contributed by atoms with E-state index in [2.05, 4.69) is 10.6 Å². The molecule has 2 N–H and O–H groups in total. The van der Waals surface area contributed by atoms with Gasteiger partial charge in [-0.25, -0.2) is 18.0 Å². The molecular weight excluding hydrogens is 434 g/mol. The Balaban J connectivity index is 1.99. The molecule has 1 fully saturated rings. The highest BCUT2D eigenvalue weighted by Gasteiger charge is 2.37. The van der Waals surface area contributed by atoms with Crippen molar-refractivity contribution in [3.8, 4) is 5.75 Å². The highest BCUT2D eigenvalue weighted by Crippen LogP contribution is 2.30. The fourth-order valence-corrected chi connectivity index (χ4v) is 5.94. The molecule has 0 aliphatic carbocycles. The van der Waals surface area contributed by atoms with Crippen molar-refractivity contribution >= 4 is 21.8 Å². The van der Waals surface area contributed by atoms with Gasteiger partial charge in [0.2, 0.25) is 0 Å². The van der Waals surface area contributed by atoms with Gasteiger partial charge in [-0.1, -0.05) is 19.1 Å². The van der Waals surface area contributed by atoms with E-state index in [1.807, 2.05) is 11.8 Å². The summed E-state index contributed by atoms with van der Waals surface area (Å²) in [4.78, 5) is 27.5. The third-order valence-corrected chi connectivity index (χ3v) is 7.45. The van der Waals surface area contributed by atoms with E-state index in [9.17, 15) is 18.0 Å². The predicted molar refractivity (Wildman–Crippen MR) is 120 cm³/mol. The Morgan fingerprint density at radius 1 is 1.22 bits per heavy atom. The van der Waals surface area contributed by atoms with E-state index in [1.54, 1.807) is 38.3 Å². The summed E-state index contributed by atoms with van der Waals surface area (Å²) in [6, 6.07) is 5.83. The Labute approximate surface area is 189 Å². The lowest BCUT2D eigenvalue weighted by atomic mass is 9.94. The lowest BCUT2D eigenvalue weighted by Gasteiger charge is -2.34. The van der Waals surface area contributed by atoms with Crippen LogP contribution in [0.1, 0.15) is 38.3 Å². The average Bonchev–Trinajstić information content (AvgIpc) is 3.13. The summed E-state index contributed by atoms with van der Waals surface area (Å²) in [5.41, 5.74) is 1.47. The second kappa shape index (κ2) is 10.4. The van der Waals surface area contributed by atoms with Crippen molar-refractivity contribution in [1.82, 2.24) is 15.5 Å². The molecule has 32 heavy (non-hydrogen) atoms. The molecule has 2 unspecified atom stereocenters. The van der Waals surface area contributed by atoms with E-state index < -0.39 is 27.9 Å². The fourth-order valence-electron chi connectivity index (χ4n) is 4.18. The Bertz CT molecular complexity index is 974. The van der Waals surface area contributed by atoms with Crippen molar-refractivity contribution in [3.05, 3.63) is 41.1 Å². The average molecular weight is 466 g/mol. The number of ether oxygens (including phenoxy) is 2. The van der Waals surface area contributed by atoms with Crippen molar-refractivity contribution in [2.75, 3.05) is 38.3 Å². The van der Waals surface area contributed by atoms with E-state index in [-0.39, 0.29) is 30.7 Å². The molecule has 0 spiro atoms. The van der Waals surface area contributed by atoms with Crippen LogP contribution >= 0.6 is 0 Å². The van der Waals surface area contributed by atoms with E-state index >= 15 is 0 Å². The number of esters is 1. The molecule has 176 valence electrons. The Kier molecular flexibility index (Phi) is 7.78. The molecule has 1 saturated heterocycles. The molecule has 0 aromatic heterocycles. The Hall–Kier alpha value is -2.59. The lowest BCUT2D eigenvalue weighted by Crippen LogP contribution is -2.50. The van der Waals surface area contributed by atoms with Gasteiger partial charge in [-0.3, -0.25) is 4.90 Å². The minimum Gasteiger partial charge on any atom is -0.497 e. The van der Waals surface area contributed by atoms with Crippen LogP contribution in [-0.2, 0) is 19.4 Å². The van der Waals surface area contributed by atoms with Crippen LogP contribution in [0.3, 0.4) is 0 Å². The molecule has 2 atom stereocenters. The number of benzene rings is 1. The van der Waals surface area contributed by atoms with E-state index in [4.69, 9.17) is 9.47 Å². The number of amides is 2. The summed E-state index contributed by atoms with van der Waals surface area (Å²) in [6.07, 6.45) is 1.35. The van der Waals surface area contributed by atoms with Crippen LogP contribution in [0.25, 0.3) is 0 Å². The predicted octanol–water partition coefficient (Wildman–Crippen LogP) is 1.77. The normalized spacial score (nSPS) is 22.4. The van der Waals surface area contributed by atoms with Gasteiger partial charge in [0.05, 0.1) is 36.8 Å². The molecule has 2 aliphatic rings. The second-order valence-corrected chi connectivity index (χ2v) is 10.2. The summed E-state index contributed by atoms with van der Waals surface area (Å²) in [5, 5.41) is 5.59. The van der Waals surface area contributed by atoms with E-state index in [0.717, 1.165) is 6.42 Å². The van der Waals surface area contributed by atoms with Gasteiger partial charge in [0.25, 0.3) is 0 Å². The van der Waals surface area contributed by atoms with Crippen LogP contribution in [0, 0.1) is 0 Å². The maximum atomic E-state index is 13.0. The second-order valence-electron chi connectivity index (χ2n) is 7.94. The molecule has 3 rings (SSSR count). The molecule has 10 heteroatoms. The Morgan fingerprint density at radius 3 is 2.50 bits per heavy atom. The zero-order valence-electron chi connectivity index (χ0n) is 18.7. The zero-order chi connectivity index (χ0) is 23.3. The van der Waals surface area contributed by atoms with Crippen molar-refractivity contribution in [3.63, 3.8) is 0 Å². The number of methoxy groups -OCH3 is 1. The third-order valence-electron chi connectivity index (χ3n) is 5.69. The fraction of sp³-hybridized carbons (Fsp3) is 0.545. The van der Waals surface area contributed by atoms with Gasteiger partial charge in [0.15, 0.2) is 9.84 Å². The van der Waals surface area contributed by atoms with Crippen molar-refractivity contribution in [2.45, 2.75) is 38.8 Å². The minimum absolute atomic E-state index is 0.0864. The number of carbonyl (C=O) groups excluding carboxylic acids is 2. The summed E-state index contributed by atoms with van der Waals surface area (Å²) in [6.45, 7) is 4.83. The van der Waals surface area contributed by atoms with Crippen molar-refractivity contribution < 1.29 is 27.5 Å². The van der Waals surface area contributed by atoms with E-state index in [0.29, 0.717) is 35.5 Å². The summed E-state index contributed by atoms with van der Waals surface area (Å²) < 4.78 is 34.6. The molecule has 2 aliphatic heterocycles. The van der Waals surface area contributed by atoms with Crippen LogP contribution in [0.5, 0.6) is 5.75 Å². The maximum Gasteiger partial charge on any atom is 0.338 e. The van der Waals surface area contributed by atoms with Gasteiger partial charge in [0, 0.05) is 18.3 Å². The van der Waals surface area contributed by atoms with Gasteiger partial charge >= 0.3 is 12.0 Å². The van der Waals surface area contributed by atoms with Crippen LogP contribution in [0.15, 0.2) is 35.5 Å². The van der Waals surface area contributed by atoms with Gasteiger partial charge < -0.3 is 20.1 Å². The lowest BCUT2D eigenvalue weighted by molar-refractivity contribution is -0.139. The number of carbonyl (C=O) groups is 2. The van der Waals surface area contributed by atoms with Crippen LogP contribution in [-0.4, -0.2) is 69.7 Å². The van der Waals surface area contributed by atoms with Crippen LogP contribution in [0.4, 0.5) is 4.79 Å². The number of hydrogen-bond donors (Lipinski definition) is 2. The monoisotopic (exact) mass is 465 g/mol. The van der Waals surface area contributed by atoms with Gasteiger partial charge in [-0.2, -0.15) is 0 Å². The third kappa shape index (κ3) is 5.60. The summed E-state index contributed by atoms with van der Waals surface area (Å²) >= 11 is 0. The summed E-state index contributed by atoms with van der Waals surface area (Å²) in [5.74, 6) is 0.381. The molecule has 0 saturated carbocycles. The zero-order valence-corrected chi connectivity index (χ0v) is 19.5. The maximum absolute atomic E-state index is 13.0. The highest BCUT2D eigenvalue weighted by molar-refractivity contribution is 7.91. The molecule has 0 bridgehead atoms. The number of urea groups is 1. The SMILES string of the molecule is CCCN(CC1=C(C(=O)OCC)C(c2ccc(OC)cc2)NC(=O)N1)C1CCS(=O)(=O)C1. The molecule has 9 nitrogen and oxygen atoms in total. The molecule has 1 aromatic rings. The highest BCUT2D eigenvalue weighted by atomic mass is 32.2. The largest absolute Gasteiger partial charge is 0.497 e. The number of sulfone groups is 1. The molecule has 2 amide bonds.